The normalized spacial score (nSPS) is 18.6. The molecule has 4 rings (SSSR count). The maximum atomic E-state index is 13.2. The lowest BCUT2D eigenvalue weighted by molar-refractivity contribution is -0.136. The van der Waals surface area contributed by atoms with E-state index in [4.69, 9.17) is 0 Å². The van der Waals surface area contributed by atoms with Gasteiger partial charge >= 0.3 is 0 Å². The van der Waals surface area contributed by atoms with Crippen LogP contribution < -0.4 is 0 Å². The Balaban J connectivity index is 1.38. The minimum Gasteiger partial charge on any atom is -0.342 e. The quantitative estimate of drug-likeness (QED) is 0.725. The number of benzene rings is 1. The first-order chi connectivity index (χ1) is 14.4. The molecule has 7 heteroatoms. The zero-order valence-electron chi connectivity index (χ0n) is 17.6. The fourth-order valence-corrected chi connectivity index (χ4v) is 5.52. The van der Waals surface area contributed by atoms with Crippen LogP contribution in [-0.2, 0) is 4.79 Å². The molecule has 5 nitrogen and oxygen atoms in total. The molecular formula is C23H28FN3O2S. The Morgan fingerprint density at radius 2 is 1.70 bits per heavy atom. The molecule has 0 N–H and O–H groups in total. The molecule has 0 radical (unpaired) electrons. The van der Waals surface area contributed by atoms with Crippen molar-refractivity contribution in [1.29, 1.82) is 0 Å². The number of thiazole rings is 1. The average molecular weight is 430 g/mol. The van der Waals surface area contributed by atoms with Crippen LogP contribution in [0.3, 0.4) is 0 Å². The van der Waals surface area contributed by atoms with Gasteiger partial charge in [-0.2, -0.15) is 0 Å². The Bertz CT molecular complexity index is 913. The molecule has 1 aromatic heterocycles. The van der Waals surface area contributed by atoms with E-state index in [1.54, 1.807) is 12.1 Å². The van der Waals surface area contributed by atoms with Gasteiger partial charge in [-0.3, -0.25) is 9.59 Å². The van der Waals surface area contributed by atoms with Gasteiger partial charge in [0.15, 0.2) is 0 Å². The summed E-state index contributed by atoms with van der Waals surface area (Å²) in [5, 5.41) is 0.732. The van der Waals surface area contributed by atoms with Crippen molar-refractivity contribution < 1.29 is 14.0 Å². The molecule has 0 aliphatic carbocycles. The number of amides is 2. The molecular weight excluding hydrogens is 401 g/mol. The molecule has 30 heavy (non-hydrogen) atoms. The zero-order chi connectivity index (χ0) is 21.3. The highest BCUT2D eigenvalue weighted by molar-refractivity contribution is 7.17. The Labute approximate surface area is 180 Å². The number of piperidine rings is 1. The molecule has 160 valence electrons. The Morgan fingerprint density at radius 1 is 1.07 bits per heavy atom. The van der Waals surface area contributed by atoms with E-state index >= 15 is 0 Å². The zero-order valence-corrected chi connectivity index (χ0v) is 18.4. The van der Waals surface area contributed by atoms with Crippen LogP contribution in [-0.4, -0.2) is 52.8 Å². The Hall–Kier alpha value is -2.28. The van der Waals surface area contributed by atoms with Crippen molar-refractivity contribution in [3.63, 3.8) is 0 Å². The Morgan fingerprint density at radius 3 is 2.33 bits per heavy atom. The molecule has 2 aliphatic heterocycles. The smallest absolute Gasteiger partial charge is 0.265 e. The average Bonchev–Trinajstić information content (AvgIpc) is 3.43. The van der Waals surface area contributed by atoms with Crippen LogP contribution in [0.5, 0.6) is 0 Å². The number of carbonyl (C=O) groups is 2. The van der Waals surface area contributed by atoms with Crippen molar-refractivity contribution in [3.05, 3.63) is 40.7 Å². The summed E-state index contributed by atoms with van der Waals surface area (Å²) in [5.41, 5.74) is 1.53. The van der Waals surface area contributed by atoms with Crippen LogP contribution in [0, 0.1) is 24.6 Å². The molecule has 2 aliphatic rings. The number of halogens is 1. The summed E-state index contributed by atoms with van der Waals surface area (Å²) in [6.07, 6.45) is 3.93. The Kier molecular flexibility index (Phi) is 6.18. The first kappa shape index (κ1) is 21.0. The second kappa shape index (κ2) is 8.84. The molecule has 2 aromatic rings. The lowest BCUT2D eigenvalue weighted by atomic mass is 9.84. The van der Waals surface area contributed by atoms with Crippen molar-refractivity contribution >= 4 is 23.2 Å². The number of nitrogens with zero attached hydrogens (tertiary/aromatic N) is 3. The summed E-state index contributed by atoms with van der Waals surface area (Å²) >= 11 is 1.36. The number of aryl methyl sites for hydroxylation is 1. The molecule has 0 spiro atoms. The number of carbonyl (C=O) groups excluding carboxylic acids is 2. The minimum absolute atomic E-state index is 0.00957. The summed E-state index contributed by atoms with van der Waals surface area (Å²) in [7, 11) is 0. The highest BCUT2D eigenvalue weighted by atomic mass is 32.1. The first-order valence-electron chi connectivity index (χ1n) is 10.8. The lowest BCUT2D eigenvalue weighted by Crippen LogP contribution is -2.43. The molecule has 2 fully saturated rings. The number of aromatic nitrogens is 1. The van der Waals surface area contributed by atoms with Gasteiger partial charge in [0, 0.05) is 37.7 Å². The van der Waals surface area contributed by atoms with E-state index in [0.29, 0.717) is 29.6 Å². The van der Waals surface area contributed by atoms with Crippen LogP contribution in [0.1, 0.15) is 48.0 Å². The van der Waals surface area contributed by atoms with Crippen molar-refractivity contribution in [2.24, 2.45) is 11.8 Å². The van der Waals surface area contributed by atoms with Gasteiger partial charge in [-0.05, 0) is 62.8 Å². The van der Waals surface area contributed by atoms with Crippen LogP contribution in [0.15, 0.2) is 24.3 Å². The van der Waals surface area contributed by atoms with Gasteiger partial charge in [-0.1, -0.05) is 6.92 Å². The summed E-state index contributed by atoms with van der Waals surface area (Å²) in [6, 6.07) is 6.18. The molecule has 2 saturated heterocycles. The summed E-state index contributed by atoms with van der Waals surface area (Å²) < 4.78 is 13.2. The van der Waals surface area contributed by atoms with Gasteiger partial charge in [0.2, 0.25) is 5.91 Å². The van der Waals surface area contributed by atoms with Crippen molar-refractivity contribution in [3.8, 4) is 10.6 Å². The summed E-state index contributed by atoms with van der Waals surface area (Å²) in [6.45, 7) is 7.02. The second-order valence-electron chi connectivity index (χ2n) is 8.39. The van der Waals surface area contributed by atoms with Crippen molar-refractivity contribution in [2.75, 3.05) is 26.2 Å². The molecule has 2 amide bonds. The predicted octanol–water partition coefficient (Wildman–Crippen LogP) is 4.37. The van der Waals surface area contributed by atoms with E-state index in [9.17, 15) is 14.0 Å². The van der Waals surface area contributed by atoms with E-state index in [-0.39, 0.29) is 23.5 Å². The number of likely N-dealkylation sites (tertiary alicyclic amines) is 2. The van der Waals surface area contributed by atoms with Gasteiger partial charge < -0.3 is 9.80 Å². The van der Waals surface area contributed by atoms with Crippen molar-refractivity contribution in [2.45, 2.75) is 39.5 Å². The largest absolute Gasteiger partial charge is 0.342 e. The van der Waals surface area contributed by atoms with Gasteiger partial charge in [0.05, 0.1) is 5.69 Å². The number of hydrogen-bond acceptors (Lipinski definition) is 4. The topological polar surface area (TPSA) is 53.5 Å². The van der Waals surface area contributed by atoms with Gasteiger partial charge in [-0.25, -0.2) is 9.37 Å². The summed E-state index contributed by atoms with van der Waals surface area (Å²) in [4.78, 5) is 34.9. The highest BCUT2D eigenvalue weighted by Crippen LogP contribution is 2.32. The van der Waals surface area contributed by atoms with Gasteiger partial charge in [-0.15, -0.1) is 11.3 Å². The van der Waals surface area contributed by atoms with Crippen LogP contribution in [0.4, 0.5) is 4.39 Å². The molecule has 0 saturated carbocycles. The van der Waals surface area contributed by atoms with E-state index in [1.807, 2.05) is 23.6 Å². The van der Waals surface area contributed by atoms with E-state index in [1.165, 1.54) is 23.5 Å². The highest BCUT2D eigenvalue weighted by Gasteiger charge is 2.33. The lowest BCUT2D eigenvalue weighted by Gasteiger charge is -2.35. The van der Waals surface area contributed by atoms with E-state index < -0.39 is 0 Å². The fourth-order valence-electron chi connectivity index (χ4n) is 4.48. The number of hydrogen-bond donors (Lipinski definition) is 0. The van der Waals surface area contributed by atoms with Crippen molar-refractivity contribution in [1.82, 2.24) is 14.8 Å². The first-order valence-corrected chi connectivity index (χ1v) is 11.6. The predicted molar refractivity (Wildman–Crippen MR) is 116 cm³/mol. The molecule has 1 atom stereocenters. The molecule has 1 aromatic carbocycles. The number of rotatable bonds is 4. The molecule has 3 heterocycles. The SMILES string of the molecule is Cc1nc(-c2ccc(F)cc2)sc1C(=O)N1CCC([C@H](C)C(=O)N2CCCC2)CC1. The third-order valence-corrected chi connectivity index (χ3v) is 7.62. The van der Waals surface area contributed by atoms with Crippen LogP contribution in [0.25, 0.3) is 10.6 Å². The third-order valence-electron chi connectivity index (χ3n) is 6.42. The molecule has 0 unspecified atom stereocenters. The standard InChI is InChI=1S/C23H28FN3O2S/c1-15(22(28)26-11-3-4-12-26)17-9-13-27(14-10-17)23(29)20-16(2)25-21(30-20)18-5-7-19(24)8-6-18/h5-8,15,17H,3-4,9-14H2,1-2H3/t15-/m0/s1. The van der Waals surface area contributed by atoms with E-state index in [0.717, 1.165) is 49.3 Å². The van der Waals surface area contributed by atoms with Gasteiger partial charge in [0.1, 0.15) is 15.7 Å². The monoisotopic (exact) mass is 429 g/mol. The maximum Gasteiger partial charge on any atom is 0.265 e. The van der Waals surface area contributed by atoms with E-state index in [2.05, 4.69) is 4.98 Å². The van der Waals surface area contributed by atoms with Crippen LogP contribution in [0.2, 0.25) is 0 Å². The fraction of sp³-hybridized carbons (Fsp3) is 0.522. The second-order valence-corrected chi connectivity index (χ2v) is 9.39. The van der Waals surface area contributed by atoms with Gasteiger partial charge in [0.25, 0.3) is 5.91 Å². The third kappa shape index (κ3) is 4.26. The van der Waals surface area contributed by atoms with Crippen LogP contribution >= 0.6 is 11.3 Å². The maximum absolute atomic E-state index is 13.2. The minimum atomic E-state index is -0.288. The molecule has 0 bridgehead atoms. The summed E-state index contributed by atoms with van der Waals surface area (Å²) in [5.74, 6) is 0.355.